The summed E-state index contributed by atoms with van der Waals surface area (Å²) in [5.74, 6) is -2.73. The first-order valence-corrected chi connectivity index (χ1v) is 6.27. The number of hydrogen-bond acceptors (Lipinski definition) is 4. The molecule has 2 heterocycles. The lowest BCUT2D eigenvalue weighted by Gasteiger charge is -2.22. The van der Waals surface area contributed by atoms with Crippen LogP contribution in [0.1, 0.15) is 20.3 Å². The van der Waals surface area contributed by atoms with Crippen molar-refractivity contribution < 1.29 is 13.5 Å². The Labute approximate surface area is 115 Å². The summed E-state index contributed by atoms with van der Waals surface area (Å²) in [5.41, 5.74) is 1.42. The number of rotatable bonds is 5. The topological polar surface area (TPSA) is 47.9 Å². The smallest absolute Gasteiger partial charge is 0.281 e. The van der Waals surface area contributed by atoms with E-state index in [1.807, 2.05) is 0 Å². The first-order chi connectivity index (χ1) is 9.50. The average molecular weight is 279 g/mol. The zero-order chi connectivity index (χ0) is 14.6. The van der Waals surface area contributed by atoms with Gasteiger partial charge in [0.25, 0.3) is 5.92 Å². The third-order valence-corrected chi connectivity index (χ3v) is 2.79. The molecule has 0 spiro atoms. The molecular formula is C14H15F2N3O. The zero-order valence-corrected chi connectivity index (χ0v) is 11.3. The van der Waals surface area contributed by atoms with E-state index in [0.29, 0.717) is 5.69 Å². The first kappa shape index (κ1) is 14.3. The van der Waals surface area contributed by atoms with Gasteiger partial charge in [-0.15, -0.1) is 0 Å². The van der Waals surface area contributed by atoms with Gasteiger partial charge in [-0.25, -0.2) is 13.8 Å². The lowest BCUT2D eigenvalue weighted by atomic mass is 10.1. The van der Waals surface area contributed by atoms with Crippen LogP contribution in [0.2, 0.25) is 0 Å². The molecule has 1 atom stereocenters. The van der Waals surface area contributed by atoms with Crippen molar-refractivity contribution in [2.24, 2.45) is 0 Å². The van der Waals surface area contributed by atoms with Gasteiger partial charge in [-0.05, 0) is 12.5 Å². The predicted molar refractivity (Wildman–Crippen MR) is 70.6 cm³/mol. The van der Waals surface area contributed by atoms with Gasteiger partial charge in [0.2, 0.25) is 5.88 Å². The van der Waals surface area contributed by atoms with Crippen LogP contribution in [0.15, 0.2) is 36.9 Å². The van der Waals surface area contributed by atoms with Crippen LogP contribution in [0.4, 0.5) is 8.78 Å². The van der Waals surface area contributed by atoms with Gasteiger partial charge in [0.05, 0.1) is 11.9 Å². The lowest BCUT2D eigenvalue weighted by Crippen LogP contribution is -2.35. The summed E-state index contributed by atoms with van der Waals surface area (Å²) in [6, 6.07) is 3.27. The van der Waals surface area contributed by atoms with E-state index in [1.54, 1.807) is 37.6 Å². The summed E-state index contributed by atoms with van der Waals surface area (Å²) >= 11 is 0. The molecule has 0 amide bonds. The summed E-state index contributed by atoms with van der Waals surface area (Å²) in [4.78, 5) is 12.1. The van der Waals surface area contributed by atoms with Crippen molar-refractivity contribution in [3.05, 3.63) is 36.9 Å². The second-order valence-electron chi connectivity index (χ2n) is 4.45. The lowest BCUT2D eigenvalue weighted by molar-refractivity contribution is -0.0828. The SMILES string of the molecule is CCC(Oc1ccc(-c2cnccn2)cn1)C(C)(F)F. The van der Waals surface area contributed by atoms with E-state index < -0.39 is 12.0 Å². The van der Waals surface area contributed by atoms with Crippen LogP contribution in [0.3, 0.4) is 0 Å². The molecule has 0 saturated heterocycles. The summed E-state index contributed by atoms with van der Waals surface area (Å²) in [6.07, 6.45) is 5.30. The minimum Gasteiger partial charge on any atom is -0.468 e. The molecule has 106 valence electrons. The Morgan fingerprint density at radius 1 is 1.20 bits per heavy atom. The first-order valence-electron chi connectivity index (χ1n) is 6.27. The van der Waals surface area contributed by atoms with Gasteiger partial charge in [-0.2, -0.15) is 0 Å². The van der Waals surface area contributed by atoms with Gasteiger partial charge in [0.15, 0.2) is 6.10 Å². The predicted octanol–water partition coefficient (Wildman–Crippen LogP) is 3.35. The maximum absolute atomic E-state index is 13.2. The molecule has 6 heteroatoms. The zero-order valence-electron chi connectivity index (χ0n) is 11.3. The fraction of sp³-hybridized carbons (Fsp3) is 0.357. The Morgan fingerprint density at radius 2 is 2.00 bits per heavy atom. The molecule has 0 radical (unpaired) electrons. The van der Waals surface area contributed by atoms with Crippen LogP contribution in [-0.4, -0.2) is 27.0 Å². The fourth-order valence-corrected chi connectivity index (χ4v) is 1.74. The molecule has 0 aliphatic heterocycles. The Hall–Kier alpha value is -2.11. The summed E-state index contributed by atoms with van der Waals surface area (Å²) in [6.45, 7) is 2.49. The normalized spacial score (nSPS) is 13.0. The number of pyridine rings is 1. The molecule has 2 aromatic rings. The second kappa shape index (κ2) is 5.90. The molecule has 0 aromatic carbocycles. The number of nitrogens with zero attached hydrogens (tertiary/aromatic N) is 3. The Balaban J connectivity index is 2.13. The number of hydrogen-bond donors (Lipinski definition) is 0. The number of alkyl halides is 2. The maximum atomic E-state index is 13.2. The van der Waals surface area contributed by atoms with Crippen LogP contribution in [0, 0.1) is 0 Å². The van der Waals surface area contributed by atoms with Crippen molar-refractivity contribution >= 4 is 0 Å². The number of halogens is 2. The fourth-order valence-electron chi connectivity index (χ4n) is 1.74. The highest BCUT2D eigenvalue weighted by atomic mass is 19.3. The molecule has 20 heavy (non-hydrogen) atoms. The maximum Gasteiger partial charge on any atom is 0.281 e. The van der Waals surface area contributed by atoms with Crippen molar-refractivity contribution in [2.45, 2.75) is 32.3 Å². The molecule has 0 bridgehead atoms. The van der Waals surface area contributed by atoms with E-state index in [0.717, 1.165) is 12.5 Å². The van der Waals surface area contributed by atoms with E-state index in [2.05, 4.69) is 15.0 Å². The largest absolute Gasteiger partial charge is 0.468 e. The van der Waals surface area contributed by atoms with Crippen LogP contribution in [-0.2, 0) is 0 Å². The van der Waals surface area contributed by atoms with E-state index in [-0.39, 0.29) is 12.3 Å². The van der Waals surface area contributed by atoms with Crippen molar-refractivity contribution in [3.8, 4) is 17.1 Å². The van der Waals surface area contributed by atoms with Crippen molar-refractivity contribution in [1.82, 2.24) is 15.0 Å². The van der Waals surface area contributed by atoms with E-state index in [9.17, 15) is 8.78 Å². The Kier molecular flexibility index (Phi) is 4.22. The minimum atomic E-state index is -2.90. The molecule has 0 saturated carbocycles. The highest BCUT2D eigenvalue weighted by molar-refractivity contribution is 5.56. The van der Waals surface area contributed by atoms with Crippen LogP contribution >= 0.6 is 0 Å². The molecule has 4 nitrogen and oxygen atoms in total. The standard InChI is InChI=1S/C14H15F2N3O/c1-3-12(14(2,15)16)20-13-5-4-10(8-19-13)11-9-17-6-7-18-11/h4-9,12H,3H2,1-2H3. The Bertz CT molecular complexity index is 541. The minimum absolute atomic E-state index is 0.172. The molecule has 2 rings (SSSR count). The van der Waals surface area contributed by atoms with Gasteiger partial charge in [0, 0.05) is 37.1 Å². The van der Waals surface area contributed by atoms with Crippen LogP contribution in [0.25, 0.3) is 11.3 Å². The molecule has 0 aliphatic carbocycles. The van der Waals surface area contributed by atoms with Gasteiger partial charge in [-0.1, -0.05) is 6.92 Å². The number of aromatic nitrogens is 3. The van der Waals surface area contributed by atoms with Crippen molar-refractivity contribution in [3.63, 3.8) is 0 Å². The average Bonchev–Trinajstić information content (AvgIpc) is 2.45. The quantitative estimate of drug-likeness (QED) is 0.842. The van der Waals surface area contributed by atoms with Gasteiger partial charge >= 0.3 is 0 Å². The van der Waals surface area contributed by atoms with Crippen LogP contribution < -0.4 is 4.74 Å². The summed E-state index contributed by atoms with van der Waals surface area (Å²) < 4.78 is 31.7. The van der Waals surface area contributed by atoms with Gasteiger partial charge < -0.3 is 4.74 Å². The summed E-state index contributed by atoms with van der Waals surface area (Å²) in [7, 11) is 0. The van der Waals surface area contributed by atoms with Crippen molar-refractivity contribution in [1.29, 1.82) is 0 Å². The molecular weight excluding hydrogens is 264 g/mol. The molecule has 2 aromatic heterocycles. The molecule has 0 aliphatic rings. The monoisotopic (exact) mass is 279 g/mol. The van der Waals surface area contributed by atoms with E-state index >= 15 is 0 Å². The van der Waals surface area contributed by atoms with Crippen molar-refractivity contribution in [2.75, 3.05) is 0 Å². The summed E-state index contributed by atoms with van der Waals surface area (Å²) in [5, 5.41) is 0. The molecule has 1 unspecified atom stereocenters. The highest BCUT2D eigenvalue weighted by Crippen LogP contribution is 2.25. The number of ether oxygens (including phenoxy) is 1. The second-order valence-corrected chi connectivity index (χ2v) is 4.45. The third kappa shape index (κ3) is 3.46. The third-order valence-electron chi connectivity index (χ3n) is 2.79. The highest BCUT2D eigenvalue weighted by Gasteiger charge is 2.34. The van der Waals surface area contributed by atoms with E-state index in [1.165, 1.54) is 6.20 Å². The molecule has 0 fully saturated rings. The van der Waals surface area contributed by atoms with Crippen LogP contribution in [0.5, 0.6) is 5.88 Å². The Morgan fingerprint density at radius 3 is 2.50 bits per heavy atom. The van der Waals surface area contributed by atoms with Gasteiger partial charge in [0.1, 0.15) is 0 Å². The van der Waals surface area contributed by atoms with Gasteiger partial charge in [-0.3, -0.25) is 9.97 Å². The molecule has 0 N–H and O–H groups in total. The van der Waals surface area contributed by atoms with E-state index in [4.69, 9.17) is 4.74 Å².